The van der Waals surface area contributed by atoms with Gasteiger partial charge in [-0.15, -0.1) is 0 Å². The minimum absolute atomic E-state index is 0.0892. The topological polar surface area (TPSA) is 60.2 Å². The summed E-state index contributed by atoms with van der Waals surface area (Å²) >= 11 is 4.91. The van der Waals surface area contributed by atoms with E-state index in [4.69, 9.17) is 18.0 Å². The highest BCUT2D eigenvalue weighted by molar-refractivity contribution is 7.80. The van der Waals surface area contributed by atoms with Gasteiger partial charge in [-0.2, -0.15) is 8.78 Å². The van der Waals surface area contributed by atoms with Crippen LogP contribution in [0.3, 0.4) is 0 Å². The highest BCUT2D eigenvalue weighted by Crippen LogP contribution is 2.22. The van der Waals surface area contributed by atoms with E-state index in [0.29, 0.717) is 17.1 Å². The van der Waals surface area contributed by atoms with Gasteiger partial charge in [0.2, 0.25) is 0 Å². The molecule has 20 heavy (non-hydrogen) atoms. The van der Waals surface area contributed by atoms with E-state index in [1.54, 1.807) is 30.5 Å². The highest BCUT2D eigenvalue weighted by atomic mass is 32.1. The summed E-state index contributed by atoms with van der Waals surface area (Å²) in [4.78, 5) is 4.25. The Balaban J connectivity index is 2.16. The Morgan fingerprint density at radius 1 is 1.25 bits per heavy atom. The predicted molar refractivity (Wildman–Crippen MR) is 76.5 cm³/mol. The van der Waals surface area contributed by atoms with E-state index >= 15 is 0 Å². The number of nitrogens with one attached hydrogen (secondary N) is 1. The van der Waals surface area contributed by atoms with Crippen LogP contribution in [-0.2, 0) is 0 Å². The van der Waals surface area contributed by atoms with Crippen LogP contribution in [0.4, 0.5) is 20.2 Å². The van der Waals surface area contributed by atoms with E-state index in [2.05, 4.69) is 15.0 Å². The molecule has 0 amide bonds. The van der Waals surface area contributed by atoms with Crippen LogP contribution in [0.25, 0.3) is 0 Å². The van der Waals surface area contributed by atoms with E-state index in [9.17, 15) is 8.78 Å². The molecule has 7 heteroatoms. The summed E-state index contributed by atoms with van der Waals surface area (Å²) in [6.45, 7) is -2.84. The van der Waals surface area contributed by atoms with Crippen LogP contribution >= 0.6 is 12.2 Å². The first-order chi connectivity index (χ1) is 9.56. The van der Waals surface area contributed by atoms with Crippen LogP contribution < -0.4 is 15.8 Å². The summed E-state index contributed by atoms with van der Waals surface area (Å²) in [5.41, 5.74) is 7.36. The molecule has 2 rings (SSSR count). The number of aromatic nitrogens is 1. The van der Waals surface area contributed by atoms with Crippen molar-refractivity contribution in [2.75, 3.05) is 5.32 Å². The summed E-state index contributed by atoms with van der Waals surface area (Å²) in [6.07, 6.45) is 1.58. The van der Waals surface area contributed by atoms with Gasteiger partial charge in [-0.05, 0) is 36.4 Å². The molecular weight excluding hydrogens is 284 g/mol. The third-order valence-corrected chi connectivity index (χ3v) is 2.59. The number of nitrogens with zero attached hydrogens (tertiary/aromatic N) is 1. The van der Waals surface area contributed by atoms with Crippen LogP contribution in [0, 0.1) is 0 Å². The largest absolute Gasteiger partial charge is 0.435 e. The number of pyridine rings is 1. The summed E-state index contributed by atoms with van der Waals surface area (Å²) < 4.78 is 28.3. The van der Waals surface area contributed by atoms with Crippen LogP contribution in [0.5, 0.6) is 5.75 Å². The standard InChI is InChI=1S/C13H11F2N3OS/c14-13(15)19-9-5-3-8(4-6-9)18-10-2-1-7-17-11(10)12(16)20/h1-7,13,18H,(H2,16,20). The first kappa shape index (κ1) is 14.1. The zero-order chi connectivity index (χ0) is 14.5. The average Bonchev–Trinajstić information content (AvgIpc) is 2.41. The molecule has 1 aromatic carbocycles. The summed E-state index contributed by atoms with van der Waals surface area (Å²) in [5, 5.41) is 3.06. The van der Waals surface area contributed by atoms with Crippen molar-refractivity contribution in [3.63, 3.8) is 0 Å². The summed E-state index contributed by atoms with van der Waals surface area (Å²) in [5.74, 6) is 0.0892. The normalized spacial score (nSPS) is 10.3. The van der Waals surface area contributed by atoms with Crippen molar-refractivity contribution >= 4 is 28.6 Å². The molecule has 1 heterocycles. The van der Waals surface area contributed by atoms with Crippen molar-refractivity contribution in [1.29, 1.82) is 0 Å². The number of benzene rings is 1. The van der Waals surface area contributed by atoms with E-state index in [0.717, 1.165) is 0 Å². The molecule has 4 nitrogen and oxygen atoms in total. The second kappa shape index (κ2) is 6.25. The SMILES string of the molecule is NC(=S)c1ncccc1Nc1ccc(OC(F)F)cc1. The van der Waals surface area contributed by atoms with Crippen LogP contribution in [0.1, 0.15) is 5.69 Å². The minimum atomic E-state index is -2.84. The summed E-state index contributed by atoms with van der Waals surface area (Å²) in [7, 11) is 0. The third kappa shape index (κ3) is 3.61. The smallest absolute Gasteiger partial charge is 0.387 e. The Morgan fingerprint density at radius 2 is 1.95 bits per heavy atom. The van der Waals surface area contributed by atoms with Crippen molar-refractivity contribution in [2.24, 2.45) is 5.73 Å². The number of rotatable bonds is 5. The quantitative estimate of drug-likeness (QED) is 0.830. The molecule has 104 valence electrons. The van der Waals surface area contributed by atoms with Gasteiger partial charge in [0.15, 0.2) is 0 Å². The number of hydrogen-bond acceptors (Lipinski definition) is 4. The van der Waals surface area contributed by atoms with Gasteiger partial charge < -0.3 is 15.8 Å². The fourth-order valence-corrected chi connectivity index (χ4v) is 1.74. The van der Waals surface area contributed by atoms with Crippen LogP contribution in [-0.4, -0.2) is 16.6 Å². The maximum Gasteiger partial charge on any atom is 0.387 e. The molecule has 0 aliphatic heterocycles. The lowest BCUT2D eigenvalue weighted by atomic mass is 10.2. The number of halogens is 2. The highest BCUT2D eigenvalue weighted by Gasteiger charge is 2.07. The van der Waals surface area contributed by atoms with Gasteiger partial charge in [-0.1, -0.05) is 12.2 Å². The van der Waals surface area contributed by atoms with Gasteiger partial charge in [-0.3, -0.25) is 4.98 Å². The van der Waals surface area contributed by atoms with Crippen molar-refractivity contribution in [2.45, 2.75) is 6.61 Å². The lowest BCUT2D eigenvalue weighted by Crippen LogP contribution is -2.13. The number of thiocarbonyl (C=S) groups is 1. The lowest BCUT2D eigenvalue weighted by molar-refractivity contribution is -0.0498. The Hall–Kier alpha value is -2.28. The molecule has 0 unspecified atom stereocenters. The molecule has 0 aliphatic carbocycles. The van der Waals surface area contributed by atoms with E-state index in [1.165, 1.54) is 12.1 Å². The molecule has 3 N–H and O–H groups in total. The fraction of sp³-hybridized carbons (Fsp3) is 0.0769. The minimum Gasteiger partial charge on any atom is -0.435 e. The van der Waals surface area contributed by atoms with E-state index < -0.39 is 6.61 Å². The number of hydrogen-bond donors (Lipinski definition) is 2. The molecule has 0 fully saturated rings. The van der Waals surface area contributed by atoms with Crippen molar-refractivity contribution in [1.82, 2.24) is 4.98 Å². The number of ether oxygens (including phenoxy) is 1. The van der Waals surface area contributed by atoms with E-state index in [-0.39, 0.29) is 10.7 Å². The molecule has 0 saturated heterocycles. The monoisotopic (exact) mass is 295 g/mol. The Labute approximate surface area is 119 Å². The Kier molecular flexibility index (Phi) is 4.41. The number of nitrogens with two attached hydrogens (primary N) is 1. The van der Waals surface area contributed by atoms with Gasteiger partial charge in [0.05, 0.1) is 5.69 Å². The van der Waals surface area contributed by atoms with Gasteiger partial charge in [-0.25, -0.2) is 0 Å². The third-order valence-electron chi connectivity index (χ3n) is 2.40. The molecule has 2 aromatic rings. The van der Waals surface area contributed by atoms with Crippen molar-refractivity contribution in [3.05, 3.63) is 48.3 Å². The number of alkyl halides is 2. The zero-order valence-electron chi connectivity index (χ0n) is 10.2. The van der Waals surface area contributed by atoms with Gasteiger partial charge in [0, 0.05) is 11.9 Å². The average molecular weight is 295 g/mol. The Bertz CT molecular complexity index is 605. The molecule has 1 aromatic heterocycles. The van der Waals surface area contributed by atoms with Crippen LogP contribution in [0.15, 0.2) is 42.6 Å². The predicted octanol–water partition coefficient (Wildman–Crippen LogP) is 3.06. The molecule has 0 saturated carbocycles. The molecule has 0 aliphatic rings. The molecular formula is C13H11F2N3OS. The molecule has 0 bridgehead atoms. The molecule has 0 atom stereocenters. The Morgan fingerprint density at radius 3 is 2.55 bits per heavy atom. The summed E-state index contributed by atoms with van der Waals surface area (Å²) in [6, 6.07) is 9.59. The van der Waals surface area contributed by atoms with Gasteiger partial charge in [0.25, 0.3) is 0 Å². The first-order valence-corrected chi connectivity index (χ1v) is 6.04. The lowest BCUT2D eigenvalue weighted by Gasteiger charge is -2.11. The first-order valence-electron chi connectivity index (χ1n) is 5.63. The maximum atomic E-state index is 12.0. The van der Waals surface area contributed by atoms with Crippen LogP contribution in [0.2, 0.25) is 0 Å². The number of anilines is 2. The second-order valence-corrected chi connectivity index (χ2v) is 4.23. The van der Waals surface area contributed by atoms with Gasteiger partial charge in [0.1, 0.15) is 16.4 Å². The van der Waals surface area contributed by atoms with E-state index in [1.807, 2.05) is 0 Å². The molecule has 0 spiro atoms. The maximum absolute atomic E-state index is 12.0. The second-order valence-electron chi connectivity index (χ2n) is 3.79. The zero-order valence-corrected chi connectivity index (χ0v) is 11.0. The fourth-order valence-electron chi connectivity index (χ4n) is 1.58. The van der Waals surface area contributed by atoms with Crippen molar-refractivity contribution < 1.29 is 13.5 Å². The van der Waals surface area contributed by atoms with Crippen molar-refractivity contribution in [3.8, 4) is 5.75 Å². The van der Waals surface area contributed by atoms with Gasteiger partial charge >= 0.3 is 6.61 Å². The molecule has 0 radical (unpaired) electrons.